The first kappa shape index (κ1) is 15.7. The highest BCUT2D eigenvalue weighted by molar-refractivity contribution is 5.85. The first-order chi connectivity index (χ1) is 11.4. The first-order valence-electron chi connectivity index (χ1n) is 7.35. The van der Waals surface area contributed by atoms with Gasteiger partial charge >= 0.3 is 5.97 Å². The number of rotatable bonds is 3. The Morgan fingerprint density at radius 2 is 2.08 bits per heavy atom. The molecule has 0 bridgehead atoms. The summed E-state index contributed by atoms with van der Waals surface area (Å²) in [6.45, 7) is 3.29. The smallest absolute Gasteiger partial charge is 0.326 e. The van der Waals surface area contributed by atoms with Crippen LogP contribution in [-0.4, -0.2) is 25.6 Å². The zero-order valence-electron chi connectivity index (χ0n) is 13.2. The highest BCUT2D eigenvalue weighted by Gasteiger charge is 2.18. The normalized spacial score (nSPS) is 12.2. The quantitative estimate of drug-likeness (QED) is 0.762. The van der Waals surface area contributed by atoms with E-state index in [1.165, 1.54) is 17.7 Å². The van der Waals surface area contributed by atoms with Crippen molar-refractivity contribution in [2.24, 2.45) is 0 Å². The lowest BCUT2D eigenvalue weighted by atomic mass is 10.0. The van der Waals surface area contributed by atoms with Gasteiger partial charge in [-0.25, -0.2) is 14.8 Å². The lowest BCUT2D eigenvalue weighted by Gasteiger charge is -2.14. The molecule has 0 aliphatic carbocycles. The number of benzene rings is 1. The summed E-state index contributed by atoms with van der Waals surface area (Å²) >= 11 is 0. The third-order valence-electron chi connectivity index (χ3n) is 3.99. The van der Waals surface area contributed by atoms with Gasteiger partial charge in [0.05, 0.1) is 11.1 Å². The van der Waals surface area contributed by atoms with Gasteiger partial charge in [0.1, 0.15) is 6.04 Å². The average Bonchev–Trinajstić information content (AvgIpc) is 2.54. The van der Waals surface area contributed by atoms with Gasteiger partial charge in [0.15, 0.2) is 0 Å². The Morgan fingerprint density at radius 1 is 1.33 bits per heavy atom. The molecule has 2 aromatic heterocycles. The minimum absolute atomic E-state index is 0.184. The molecule has 0 amide bonds. The maximum atomic E-state index is 12.8. The van der Waals surface area contributed by atoms with E-state index in [9.17, 15) is 9.59 Å². The van der Waals surface area contributed by atoms with Crippen LogP contribution in [0.3, 0.4) is 0 Å². The number of carbonyl (C=O) groups is 1. The number of hydrogen-bond acceptors (Lipinski definition) is 5. The van der Waals surface area contributed by atoms with Gasteiger partial charge < -0.3 is 15.4 Å². The Balaban J connectivity index is 2.22. The van der Waals surface area contributed by atoms with Gasteiger partial charge in [-0.1, -0.05) is 6.07 Å². The summed E-state index contributed by atoms with van der Waals surface area (Å²) in [6.07, 6.45) is 3.10. The fourth-order valence-electron chi connectivity index (χ4n) is 2.62. The van der Waals surface area contributed by atoms with Crippen LogP contribution in [0.15, 0.2) is 41.5 Å². The van der Waals surface area contributed by atoms with Gasteiger partial charge in [-0.3, -0.25) is 4.79 Å². The number of aromatic nitrogens is 3. The Hall–Kier alpha value is -3.22. The molecule has 0 aliphatic heterocycles. The van der Waals surface area contributed by atoms with Crippen LogP contribution in [0.4, 0.5) is 5.95 Å². The molecule has 7 heteroatoms. The second-order valence-electron chi connectivity index (χ2n) is 5.60. The maximum absolute atomic E-state index is 12.8. The topological polar surface area (TPSA) is 111 Å². The van der Waals surface area contributed by atoms with Crippen LogP contribution >= 0.6 is 0 Å². The van der Waals surface area contributed by atoms with Gasteiger partial charge in [-0.05, 0) is 43.2 Å². The Kier molecular flexibility index (Phi) is 3.76. The largest absolute Gasteiger partial charge is 0.480 e. The molecule has 3 rings (SSSR count). The molecule has 24 heavy (non-hydrogen) atoms. The maximum Gasteiger partial charge on any atom is 0.326 e. The number of carboxylic acid groups (broad SMARTS) is 1. The second-order valence-corrected chi connectivity index (χ2v) is 5.60. The summed E-state index contributed by atoms with van der Waals surface area (Å²) in [5.41, 5.74) is 7.82. The second kappa shape index (κ2) is 5.77. The van der Waals surface area contributed by atoms with E-state index >= 15 is 0 Å². The molecule has 0 saturated heterocycles. The third kappa shape index (κ3) is 2.60. The van der Waals surface area contributed by atoms with E-state index in [-0.39, 0.29) is 11.5 Å². The van der Waals surface area contributed by atoms with Crippen LogP contribution in [0, 0.1) is 6.92 Å². The molecule has 0 saturated carbocycles. The molecule has 0 fully saturated rings. The zero-order chi connectivity index (χ0) is 17.4. The van der Waals surface area contributed by atoms with Crippen LogP contribution in [0.2, 0.25) is 0 Å². The van der Waals surface area contributed by atoms with Gasteiger partial charge in [0, 0.05) is 17.8 Å². The lowest BCUT2D eigenvalue weighted by molar-refractivity contribution is -0.140. The number of pyridine rings is 1. The first-order valence-corrected chi connectivity index (χ1v) is 7.35. The monoisotopic (exact) mass is 324 g/mol. The van der Waals surface area contributed by atoms with E-state index in [0.29, 0.717) is 16.6 Å². The van der Waals surface area contributed by atoms with Crippen molar-refractivity contribution < 1.29 is 9.90 Å². The molecule has 0 spiro atoms. The standard InChI is InChI=1S/C17H16N4O3/c1-9-5-6-21(10(2)16(23)24)15(22)14(9)11-3-4-13-12(7-11)8-19-17(18)20-13/h3-8,10H,1-2H3,(H,23,24)(H2,18,19,20). The van der Waals surface area contributed by atoms with Crippen molar-refractivity contribution in [3.63, 3.8) is 0 Å². The number of aryl methyl sites for hydroxylation is 1. The molecular formula is C17H16N4O3. The Bertz CT molecular complexity index is 1010. The van der Waals surface area contributed by atoms with Crippen LogP contribution in [0.5, 0.6) is 0 Å². The fourth-order valence-corrected chi connectivity index (χ4v) is 2.62. The third-order valence-corrected chi connectivity index (χ3v) is 3.99. The number of fused-ring (bicyclic) bond motifs is 1. The van der Waals surface area contributed by atoms with Gasteiger partial charge in [-0.2, -0.15) is 0 Å². The summed E-state index contributed by atoms with van der Waals surface area (Å²) in [7, 11) is 0. The lowest BCUT2D eigenvalue weighted by Crippen LogP contribution is -2.29. The van der Waals surface area contributed by atoms with Crippen molar-refractivity contribution in [3.8, 4) is 11.1 Å². The van der Waals surface area contributed by atoms with Crippen LogP contribution in [-0.2, 0) is 4.79 Å². The minimum atomic E-state index is -1.06. The molecule has 1 aromatic carbocycles. The van der Waals surface area contributed by atoms with E-state index in [1.54, 1.807) is 30.5 Å². The number of hydrogen-bond donors (Lipinski definition) is 2. The van der Waals surface area contributed by atoms with Crippen molar-refractivity contribution in [3.05, 3.63) is 52.6 Å². The predicted octanol–water partition coefficient (Wildman–Crippen LogP) is 1.99. The Morgan fingerprint density at radius 3 is 2.79 bits per heavy atom. The molecule has 1 unspecified atom stereocenters. The zero-order valence-corrected chi connectivity index (χ0v) is 13.2. The minimum Gasteiger partial charge on any atom is -0.480 e. The number of carboxylic acids is 1. The molecular weight excluding hydrogens is 308 g/mol. The van der Waals surface area contributed by atoms with Crippen LogP contribution < -0.4 is 11.3 Å². The van der Waals surface area contributed by atoms with Crippen LogP contribution in [0.1, 0.15) is 18.5 Å². The van der Waals surface area contributed by atoms with E-state index < -0.39 is 12.0 Å². The fraction of sp³-hybridized carbons (Fsp3) is 0.176. The van der Waals surface area contributed by atoms with Gasteiger partial charge in [-0.15, -0.1) is 0 Å². The average molecular weight is 324 g/mol. The van der Waals surface area contributed by atoms with Crippen molar-refractivity contribution >= 4 is 22.8 Å². The summed E-state index contributed by atoms with van der Waals surface area (Å²) in [5, 5.41) is 9.92. The summed E-state index contributed by atoms with van der Waals surface area (Å²) in [6, 6.07) is 6.13. The molecule has 0 aliphatic rings. The number of aliphatic carboxylic acids is 1. The molecule has 0 radical (unpaired) electrons. The summed E-state index contributed by atoms with van der Waals surface area (Å²) in [4.78, 5) is 32.1. The highest BCUT2D eigenvalue weighted by atomic mass is 16.4. The molecule has 3 aromatic rings. The highest BCUT2D eigenvalue weighted by Crippen LogP contribution is 2.24. The van der Waals surface area contributed by atoms with Crippen LogP contribution in [0.25, 0.3) is 22.0 Å². The van der Waals surface area contributed by atoms with Gasteiger partial charge in [0.25, 0.3) is 5.56 Å². The van der Waals surface area contributed by atoms with Crippen molar-refractivity contribution in [1.82, 2.24) is 14.5 Å². The van der Waals surface area contributed by atoms with Crippen molar-refractivity contribution in [1.29, 1.82) is 0 Å². The number of nitrogens with zero attached hydrogens (tertiary/aromatic N) is 3. The number of nitrogen functional groups attached to an aromatic ring is 1. The summed E-state index contributed by atoms with van der Waals surface area (Å²) in [5.74, 6) is -0.877. The summed E-state index contributed by atoms with van der Waals surface area (Å²) < 4.78 is 1.22. The molecule has 122 valence electrons. The number of anilines is 1. The predicted molar refractivity (Wildman–Crippen MR) is 90.7 cm³/mol. The van der Waals surface area contributed by atoms with E-state index in [4.69, 9.17) is 10.8 Å². The molecule has 1 atom stereocenters. The molecule has 7 nitrogen and oxygen atoms in total. The molecule has 2 heterocycles. The van der Waals surface area contributed by atoms with Crippen molar-refractivity contribution in [2.75, 3.05) is 5.73 Å². The molecule has 3 N–H and O–H groups in total. The van der Waals surface area contributed by atoms with E-state index in [1.807, 2.05) is 6.92 Å². The van der Waals surface area contributed by atoms with Gasteiger partial charge in [0.2, 0.25) is 5.95 Å². The van der Waals surface area contributed by atoms with Crippen molar-refractivity contribution in [2.45, 2.75) is 19.9 Å². The SMILES string of the molecule is Cc1ccn(C(C)C(=O)O)c(=O)c1-c1ccc2nc(N)ncc2c1. The van der Waals surface area contributed by atoms with E-state index in [2.05, 4.69) is 9.97 Å². The number of nitrogens with two attached hydrogens (primary N) is 1. The van der Waals surface area contributed by atoms with E-state index in [0.717, 1.165) is 10.9 Å². The Labute approximate surface area is 137 Å².